The fraction of sp³-hybridized carbons (Fsp3) is 0.900. The van der Waals surface area contributed by atoms with Crippen LogP contribution in [-0.4, -0.2) is 23.4 Å². The molecule has 2 atom stereocenters. The molecule has 0 aromatic rings. The number of hydrogen-bond acceptors (Lipinski definition) is 1. The molecule has 0 bridgehead atoms. The Balaban J connectivity index is 2.10. The summed E-state index contributed by atoms with van der Waals surface area (Å²) in [4.78, 5) is 13.6. The van der Waals surface area contributed by atoms with E-state index in [9.17, 15) is 4.79 Å². The van der Waals surface area contributed by atoms with Crippen LogP contribution in [0, 0.1) is 5.92 Å². The largest absolute Gasteiger partial charge is 0.339 e. The van der Waals surface area contributed by atoms with Crippen LogP contribution >= 0.6 is 0 Å². The molecule has 0 aromatic heterocycles. The number of fused-ring (bicyclic) bond motifs is 1. The van der Waals surface area contributed by atoms with E-state index < -0.39 is 0 Å². The third-order valence-corrected chi connectivity index (χ3v) is 3.33. The lowest BCUT2D eigenvalue weighted by molar-refractivity contribution is -0.139. The number of rotatable bonds is 0. The Hall–Kier alpha value is -0.530. The first-order valence-electron chi connectivity index (χ1n) is 5.08. The van der Waals surface area contributed by atoms with Crippen molar-refractivity contribution in [2.75, 3.05) is 6.54 Å². The molecular weight excluding hydrogens is 150 g/mol. The summed E-state index contributed by atoms with van der Waals surface area (Å²) in [5.41, 5.74) is 0. The van der Waals surface area contributed by atoms with E-state index >= 15 is 0 Å². The quantitative estimate of drug-likeness (QED) is 0.538. The Kier molecular flexibility index (Phi) is 2.07. The lowest BCUT2D eigenvalue weighted by Gasteiger charge is -2.43. The van der Waals surface area contributed by atoms with E-state index in [1.807, 2.05) is 0 Å². The zero-order valence-electron chi connectivity index (χ0n) is 7.75. The summed E-state index contributed by atoms with van der Waals surface area (Å²) < 4.78 is 0. The second kappa shape index (κ2) is 3.08. The molecule has 0 N–H and O–H groups in total. The summed E-state index contributed by atoms with van der Waals surface area (Å²) in [5, 5.41) is 0. The second-order valence-electron chi connectivity index (χ2n) is 4.17. The minimum Gasteiger partial charge on any atom is -0.339 e. The first kappa shape index (κ1) is 8.09. The van der Waals surface area contributed by atoms with Crippen LogP contribution in [0.3, 0.4) is 0 Å². The minimum atomic E-state index is 0.401. The van der Waals surface area contributed by atoms with Crippen molar-refractivity contribution in [1.29, 1.82) is 0 Å². The van der Waals surface area contributed by atoms with Gasteiger partial charge in [-0.3, -0.25) is 4.79 Å². The molecule has 2 nitrogen and oxygen atoms in total. The molecule has 2 saturated heterocycles. The number of amides is 1. The Bertz CT molecular complexity index is 190. The number of nitrogens with zero attached hydrogens (tertiary/aromatic N) is 1. The molecule has 2 unspecified atom stereocenters. The topological polar surface area (TPSA) is 20.3 Å². The number of carbonyl (C=O) groups excluding carboxylic acids is 1. The molecule has 2 aliphatic rings. The van der Waals surface area contributed by atoms with Gasteiger partial charge in [0.15, 0.2) is 0 Å². The Morgan fingerprint density at radius 2 is 2.17 bits per heavy atom. The smallest absolute Gasteiger partial charge is 0.222 e. The van der Waals surface area contributed by atoms with Gasteiger partial charge in [-0.1, -0.05) is 6.92 Å². The summed E-state index contributed by atoms with van der Waals surface area (Å²) in [6, 6.07) is 0.583. The second-order valence-corrected chi connectivity index (χ2v) is 4.17. The molecule has 0 radical (unpaired) electrons. The van der Waals surface area contributed by atoms with E-state index in [1.165, 1.54) is 19.3 Å². The van der Waals surface area contributed by atoms with E-state index in [1.54, 1.807) is 0 Å². The van der Waals surface area contributed by atoms with Gasteiger partial charge in [-0.25, -0.2) is 0 Å². The van der Waals surface area contributed by atoms with Crippen LogP contribution in [0.1, 0.15) is 39.0 Å². The third-order valence-electron chi connectivity index (χ3n) is 3.33. The highest BCUT2D eigenvalue weighted by atomic mass is 16.2. The van der Waals surface area contributed by atoms with Crippen LogP contribution < -0.4 is 0 Å². The fourth-order valence-corrected chi connectivity index (χ4v) is 2.61. The first-order chi connectivity index (χ1) is 5.79. The van der Waals surface area contributed by atoms with Crippen molar-refractivity contribution < 1.29 is 4.79 Å². The molecular formula is C10H17NO. The highest BCUT2D eigenvalue weighted by Gasteiger charge is 2.33. The Morgan fingerprint density at radius 1 is 1.33 bits per heavy atom. The average molecular weight is 167 g/mol. The van der Waals surface area contributed by atoms with Crippen molar-refractivity contribution in [3.8, 4) is 0 Å². The summed E-state index contributed by atoms with van der Waals surface area (Å²) in [7, 11) is 0. The van der Waals surface area contributed by atoms with E-state index in [0.29, 0.717) is 11.9 Å². The monoisotopic (exact) mass is 167 g/mol. The average Bonchev–Trinajstić information content (AvgIpc) is 2.07. The van der Waals surface area contributed by atoms with Crippen LogP contribution in [0.5, 0.6) is 0 Å². The van der Waals surface area contributed by atoms with E-state index in [0.717, 1.165) is 25.3 Å². The molecule has 2 fully saturated rings. The van der Waals surface area contributed by atoms with Gasteiger partial charge in [-0.05, 0) is 31.6 Å². The van der Waals surface area contributed by atoms with Crippen molar-refractivity contribution in [3.63, 3.8) is 0 Å². The normalized spacial score (nSPS) is 36.4. The summed E-state index contributed by atoms with van der Waals surface area (Å²) in [6.45, 7) is 3.31. The summed E-state index contributed by atoms with van der Waals surface area (Å²) in [6.07, 6.45) is 5.68. The molecule has 0 aliphatic carbocycles. The van der Waals surface area contributed by atoms with Gasteiger partial charge >= 0.3 is 0 Å². The van der Waals surface area contributed by atoms with Gasteiger partial charge in [-0.2, -0.15) is 0 Å². The van der Waals surface area contributed by atoms with Gasteiger partial charge in [-0.15, -0.1) is 0 Å². The van der Waals surface area contributed by atoms with Crippen molar-refractivity contribution in [3.05, 3.63) is 0 Å². The molecule has 2 rings (SSSR count). The third kappa shape index (κ3) is 1.23. The van der Waals surface area contributed by atoms with Crippen LogP contribution in [0.15, 0.2) is 0 Å². The van der Waals surface area contributed by atoms with Crippen LogP contribution in [-0.2, 0) is 4.79 Å². The maximum absolute atomic E-state index is 11.5. The van der Waals surface area contributed by atoms with Crippen molar-refractivity contribution >= 4 is 5.91 Å². The standard InChI is InChI=1S/C10H17NO/c1-8-4-3-7-11-9(8)5-2-6-10(11)12/h8-9H,2-7H2,1H3. The van der Waals surface area contributed by atoms with E-state index in [2.05, 4.69) is 11.8 Å². The van der Waals surface area contributed by atoms with Crippen molar-refractivity contribution in [2.24, 2.45) is 5.92 Å². The minimum absolute atomic E-state index is 0.401. The SMILES string of the molecule is CC1CCCN2C(=O)CCCC12. The van der Waals surface area contributed by atoms with E-state index in [4.69, 9.17) is 0 Å². The zero-order chi connectivity index (χ0) is 8.55. The molecule has 2 aliphatic heterocycles. The number of piperidine rings is 2. The van der Waals surface area contributed by atoms with Gasteiger partial charge in [0, 0.05) is 19.0 Å². The van der Waals surface area contributed by atoms with Crippen LogP contribution in [0.2, 0.25) is 0 Å². The Labute approximate surface area is 73.9 Å². The van der Waals surface area contributed by atoms with Gasteiger partial charge in [0.1, 0.15) is 0 Å². The van der Waals surface area contributed by atoms with Crippen molar-refractivity contribution in [1.82, 2.24) is 4.90 Å². The molecule has 68 valence electrons. The van der Waals surface area contributed by atoms with Crippen molar-refractivity contribution in [2.45, 2.75) is 45.1 Å². The Morgan fingerprint density at radius 3 is 2.92 bits per heavy atom. The molecule has 0 saturated carbocycles. The zero-order valence-corrected chi connectivity index (χ0v) is 7.75. The van der Waals surface area contributed by atoms with Gasteiger partial charge < -0.3 is 4.90 Å². The van der Waals surface area contributed by atoms with E-state index in [-0.39, 0.29) is 0 Å². The highest BCUT2D eigenvalue weighted by molar-refractivity contribution is 5.77. The predicted molar refractivity (Wildman–Crippen MR) is 47.8 cm³/mol. The number of carbonyl (C=O) groups is 1. The molecule has 1 amide bonds. The van der Waals surface area contributed by atoms with Crippen LogP contribution in [0.25, 0.3) is 0 Å². The molecule has 12 heavy (non-hydrogen) atoms. The van der Waals surface area contributed by atoms with Gasteiger partial charge in [0.25, 0.3) is 0 Å². The highest BCUT2D eigenvalue weighted by Crippen LogP contribution is 2.30. The summed E-state index contributed by atoms with van der Waals surface area (Å²) >= 11 is 0. The molecule has 2 heteroatoms. The maximum atomic E-state index is 11.5. The molecule has 0 spiro atoms. The maximum Gasteiger partial charge on any atom is 0.222 e. The first-order valence-corrected chi connectivity index (χ1v) is 5.08. The lowest BCUT2D eigenvalue weighted by atomic mass is 9.85. The predicted octanol–water partition coefficient (Wildman–Crippen LogP) is 1.80. The molecule has 0 aromatic carbocycles. The summed E-state index contributed by atoms with van der Waals surface area (Å²) in [5.74, 6) is 1.14. The van der Waals surface area contributed by atoms with Crippen LogP contribution in [0.4, 0.5) is 0 Å². The lowest BCUT2D eigenvalue weighted by Crippen LogP contribution is -2.50. The van der Waals surface area contributed by atoms with Gasteiger partial charge in [0.2, 0.25) is 5.91 Å². The fourth-order valence-electron chi connectivity index (χ4n) is 2.61. The number of hydrogen-bond donors (Lipinski definition) is 0. The van der Waals surface area contributed by atoms with Gasteiger partial charge in [0.05, 0.1) is 0 Å². The molecule has 2 heterocycles.